The number of carbonyl (C=O) groups is 2. The maximum Gasteiger partial charge on any atom is 0.255 e. The van der Waals surface area contributed by atoms with Crippen LogP contribution in [0, 0.1) is 5.82 Å². The molecule has 0 aliphatic carbocycles. The summed E-state index contributed by atoms with van der Waals surface area (Å²) in [5, 5.41) is 2.85. The number of hydrogen-bond acceptors (Lipinski definition) is 5. The third kappa shape index (κ3) is 4.52. The molecule has 0 spiro atoms. The molecular weight excluding hydrogens is 439 g/mol. The van der Waals surface area contributed by atoms with E-state index in [9.17, 15) is 14.0 Å². The lowest BCUT2D eigenvalue weighted by Gasteiger charge is -2.28. The number of halogens is 1. The van der Waals surface area contributed by atoms with Gasteiger partial charge in [-0.2, -0.15) is 0 Å². The smallest absolute Gasteiger partial charge is 0.255 e. The Bertz CT molecular complexity index is 1190. The van der Waals surface area contributed by atoms with Crippen LogP contribution in [-0.2, 0) is 11.3 Å². The van der Waals surface area contributed by atoms with E-state index in [1.54, 1.807) is 35.2 Å². The molecule has 34 heavy (non-hydrogen) atoms. The van der Waals surface area contributed by atoms with Gasteiger partial charge in [0.2, 0.25) is 11.7 Å². The lowest BCUT2D eigenvalue weighted by atomic mass is 10.0. The van der Waals surface area contributed by atoms with Gasteiger partial charge < -0.3 is 24.4 Å². The number of anilines is 1. The van der Waals surface area contributed by atoms with Crippen LogP contribution >= 0.6 is 0 Å². The molecule has 3 aromatic carbocycles. The number of nitrogens with zero attached hydrogens (tertiary/aromatic N) is 1. The van der Waals surface area contributed by atoms with E-state index in [1.807, 2.05) is 18.2 Å². The lowest BCUT2D eigenvalue weighted by molar-refractivity contribution is -0.117. The first-order valence-electron chi connectivity index (χ1n) is 10.7. The Kier molecular flexibility index (Phi) is 6.67. The van der Waals surface area contributed by atoms with Crippen molar-refractivity contribution < 1.29 is 28.2 Å². The molecular formula is C26H25FN2O5. The topological polar surface area (TPSA) is 77.1 Å². The van der Waals surface area contributed by atoms with E-state index in [0.717, 1.165) is 5.56 Å². The SMILES string of the molecule is COc1cc(NC(=O)CC(c2ccc(F)cc2)N2Cc3ccccc3C2=O)cc(OC)c1OC. The summed E-state index contributed by atoms with van der Waals surface area (Å²) in [5.74, 6) is 0.334. The van der Waals surface area contributed by atoms with Crippen LogP contribution in [0.5, 0.6) is 17.2 Å². The van der Waals surface area contributed by atoms with Gasteiger partial charge in [-0.05, 0) is 29.3 Å². The molecule has 176 valence electrons. The summed E-state index contributed by atoms with van der Waals surface area (Å²) in [6.07, 6.45) is -0.0258. The van der Waals surface area contributed by atoms with Gasteiger partial charge in [-0.1, -0.05) is 30.3 Å². The van der Waals surface area contributed by atoms with Crippen molar-refractivity contribution in [1.82, 2.24) is 4.90 Å². The summed E-state index contributed by atoms with van der Waals surface area (Å²) < 4.78 is 29.6. The Morgan fingerprint density at radius 2 is 1.65 bits per heavy atom. The Morgan fingerprint density at radius 1 is 1.00 bits per heavy atom. The number of amides is 2. The van der Waals surface area contributed by atoms with Crippen molar-refractivity contribution in [2.75, 3.05) is 26.6 Å². The van der Waals surface area contributed by atoms with E-state index < -0.39 is 6.04 Å². The van der Waals surface area contributed by atoms with Gasteiger partial charge in [-0.15, -0.1) is 0 Å². The zero-order valence-corrected chi connectivity index (χ0v) is 19.1. The van der Waals surface area contributed by atoms with E-state index in [2.05, 4.69) is 5.32 Å². The van der Waals surface area contributed by atoms with E-state index in [-0.39, 0.29) is 24.1 Å². The average molecular weight is 464 g/mol. The van der Waals surface area contributed by atoms with Crippen molar-refractivity contribution >= 4 is 17.5 Å². The molecule has 8 heteroatoms. The largest absolute Gasteiger partial charge is 0.493 e. The second-order valence-electron chi connectivity index (χ2n) is 7.82. The van der Waals surface area contributed by atoms with E-state index in [1.165, 1.54) is 33.5 Å². The van der Waals surface area contributed by atoms with Crippen LogP contribution in [0.2, 0.25) is 0 Å². The molecule has 0 radical (unpaired) electrons. The molecule has 2 amide bonds. The molecule has 0 aromatic heterocycles. The van der Waals surface area contributed by atoms with Crippen LogP contribution < -0.4 is 19.5 Å². The molecule has 1 aliphatic heterocycles. The van der Waals surface area contributed by atoms with E-state index in [0.29, 0.717) is 40.6 Å². The first-order chi connectivity index (χ1) is 16.4. The molecule has 0 saturated carbocycles. The van der Waals surface area contributed by atoms with Gasteiger partial charge in [0.05, 0.1) is 33.8 Å². The highest BCUT2D eigenvalue weighted by Crippen LogP contribution is 2.40. The fourth-order valence-corrected chi connectivity index (χ4v) is 4.16. The van der Waals surface area contributed by atoms with Crippen molar-refractivity contribution in [3.05, 3.63) is 83.2 Å². The fourth-order valence-electron chi connectivity index (χ4n) is 4.16. The summed E-state index contributed by atoms with van der Waals surface area (Å²) in [6, 6.07) is 15.9. The van der Waals surface area contributed by atoms with Gasteiger partial charge in [-0.25, -0.2) is 4.39 Å². The maximum atomic E-state index is 13.6. The monoisotopic (exact) mass is 464 g/mol. The Labute approximate surface area is 197 Å². The van der Waals surface area contributed by atoms with Gasteiger partial charge >= 0.3 is 0 Å². The number of rotatable bonds is 8. The van der Waals surface area contributed by atoms with Crippen LogP contribution in [0.25, 0.3) is 0 Å². The number of nitrogens with one attached hydrogen (secondary N) is 1. The van der Waals surface area contributed by atoms with Crippen molar-refractivity contribution in [3.8, 4) is 17.2 Å². The standard InChI is InChI=1S/C26H25FN2O5/c1-32-22-12-19(13-23(33-2)25(22)34-3)28-24(30)14-21(16-8-10-18(27)11-9-16)29-15-17-6-4-5-7-20(17)26(29)31/h4-13,21H,14-15H2,1-3H3,(H,28,30). The number of benzene rings is 3. The van der Waals surface area contributed by atoms with Crippen LogP contribution in [0.1, 0.15) is 33.9 Å². The van der Waals surface area contributed by atoms with Crippen molar-refractivity contribution in [2.24, 2.45) is 0 Å². The molecule has 1 heterocycles. The quantitative estimate of drug-likeness (QED) is 0.528. The molecule has 4 rings (SSSR count). The normalized spacial score (nSPS) is 13.3. The van der Waals surface area contributed by atoms with Gasteiger partial charge in [0.1, 0.15) is 5.82 Å². The molecule has 0 saturated heterocycles. The van der Waals surface area contributed by atoms with Crippen LogP contribution in [-0.4, -0.2) is 38.0 Å². The summed E-state index contributed by atoms with van der Waals surface area (Å²) in [4.78, 5) is 27.9. The highest BCUT2D eigenvalue weighted by Gasteiger charge is 2.34. The lowest BCUT2D eigenvalue weighted by Crippen LogP contribution is -2.32. The summed E-state index contributed by atoms with van der Waals surface area (Å²) in [7, 11) is 4.48. The molecule has 0 fully saturated rings. The Balaban J connectivity index is 1.61. The third-order valence-corrected chi connectivity index (χ3v) is 5.81. The van der Waals surface area contributed by atoms with Gasteiger partial charge in [0.15, 0.2) is 11.5 Å². The number of ether oxygens (including phenoxy) is 3. The van der Waals surface area contributed by atoms with Crippen molar-refractivity contribution in [3.63, 3.8) is 0 Å². The number of carbonyl (C=O) groups excluding carboxylic acids is 2. The summed E-state index contributed by atoms with van der Waals surface area (Å²) >= 11 is 0. The number of fused-ring (bicyclic) bond motifs is 1. The minimum Gasteiger partial charge on any atom is -0.493 e. The van der Waals surface area contributed by atoms with Crippen LogP contribution in [0.4, 0.5) is 10.1 Å². The van der Waals surface area contributed by atoms with E-state index >= 15 is 0 Å². The number of hydrogen-bond donors (Lipinski definition) is 1. The Morgan fingerprint density at radius 3 is 2.24 bits per heavy atom. The van der Waals surface area contributed by atoms with Gasteiger partial charge in [-0.3, -0.25) is 9.59 Å². The molecule has 1 aliphatic rings. The van der Waals surface area contributed by atoms with Gasteiger partial charge in [0, 0.05) is 29.9 Å². The highest BCUT2D eigenvalue weighted by atomic mass is 19.1. The summed E-state index contributed by atoms with van der Waals surface area (Å²) in [5.41, 5.74) is 2.63. The maximum absolute atomic E-state index is 13.6. The molecule has 7 nitrogen and oxygen atoms in total. The highest BCUT2D eigenvalue weighted by molar-refractivity contribution is 5.99. The van der Waals surface area contributed by atoms with Crippen LogP contribution in [0.15, 0.2) is 60.7 Å². The molecule has 1 atom stereocenters. The minimum absolute atomic E-state index is 0.0258. The zero-order chi connectivity index (χ0) is 24.2. The first kappa shape index (κ1) is 23.1. The second kappa shape index (κ2) is 9.82. The molecule has 3 aromatic rings. The third-order valence-electron chi connectivity index (χ3n) is 5.81. The predicted octanol–water partition coefficient (Wildman–Crippen LogP) is 4.58. The number of methoxy groups -OCH3 is 3. The van der Waals surface area contributed by atoms with Crippen molar-refractivity contribution in [2.45, 2.75) is 19.0 Å². The first-order valence-corrected chi connectivity index (χ1v) is 10.7. The second-order valence-corrected chi connectivity index (χ2v) is 7.82. The molecule has 1 unspecified atom stereocenters. The predicted molar refractivity (Wildman–Crippen MR) is 125 cm³/mol. The average Bonchev–Trinajstić information content (AvgIpc) is 3.18. The van der Waals surface area contributed by atoms with Gasteiger partial charge in [0.25, 0.3) is 5.91 Å². The Hall–Kier alpha value is -4.07. The minimum atomic E-state index is -0.581. The molecule has 0 bridgehead atoms. The zero-order valence-electron chi connectivity index (χ0n) is 19.1. The summed E-state index contributed by atoms with van der Waals surface area (Å²) in [6.45, 7) is 0.370. The van der Waals surface area contributed by atoms with Crippen LogP contribution in [0.3, 0.4) is 0 Å². The van der Waals surface area contributed by atoms with E-state index in [4.69, 9.17) is 14.2 Å². The van der Waals surface area contributed by atoms with Crippen molar-refractivity contribution in [1.29, 1.82) is 0 Å². The fraction of sp³-hybridized carbons (Fsp3) is 0.231. The molecule has 1 N–H and O–H groups in total.